The number of rotatable bonds is 5. The van der Waals surface area contributed by atoms with Gasteiger partial charge in [-0.15, -0.1) is 11.3 Å². The molecule has 0 aliphatic rings. The number of likely N-dealkylation sites (N-methyl/N-ethyl adjacent to an activating group) is 1. The summed E-state index contributed by atoms with van der Waals surface area (Å²) in [5.41, 5.74) is 8.37. The number of hydrogen-bond acceptors (Lipinski definition) is 4. The van der Waals surface area contributed by atoms with E-state index in [1.54, 1.807) is 17.5 Å². The first-order valence-corrected chi connectivity index (χ1v) is 7.07. The van der Waals surface area contributed by atoms with Crippen molar-refractivity contribution in [3.05, 3.63) is 45.8 Å². The van der Waals surface area contributed by atoms with Gasteiger partial charge in [0.2, 0.25) is 0 Å². The molecule has 1 atom stereocenters. The van der Waals surface area contributed by atoms with Crippen molar-refractivity contribution < 1.29 is 0 Å². The molecule has 0 spiro atoms. The number of hydrogen-bond donors (Lipinski definition) is 2. The molecule has 0 saturated heterocycles. The number of anilines is 1. The molecule has 0 saturated carbocycles. The minimum atomic E-state index is 0.238. The molecule has 0 aromatic carbocycles. The standard InChI is InChI=1S/C14H19N3S/c1-3-16-12(9-11-5-4-8-18-11)13-10(2)6-7-17-14(13)15/h4-8,12,16H,3,9H2,1-2H3,(H2,15,17). The Morgan fingerprint density at radius 1 is 1.44 bits per heavy atom. The molecule has 0 fully saturated rings. The van der Waals surface area contributed by atoms with Gasteiger partial charge in [-0.25, -0.2) is 4.98 Å². The molecular weight excluding hydrogens is 242 g/mol. The second-order valence-electron chi connectivity index (χ2n) is 4.32. The fourth-order valence-corrected chi connectivity index (χ4v) is 2.95. The van der Waals surface area contributed by atoms with Crippen molar-refractivity contribution in [1.29, 1.82) is 0 Å². The summed E-state index contributed by atoms with van der Waals surface area (Å²) in [4.78, 5) is 5.58. The Balaban J connectivity index is 2.29. The summed E-state index contributed by atoms with van der Waals surface area (Å²) in [6.45, 7) is 5.12. The van der Waals surface area contributed by atoms with Crippen molar-refractivity contribution in [3.8, 4) is 0 Å². The summed E-state index contributed by atoms with van der Waals surface area (Å²) in [6, 6.07) is 6.51. The average molecular weight is 261 g/mol. The molecule has 2 aromatic rings. The van der Waals surface area contributed by atoms with E-state index in [-0.39, 0.29) is 6.04 Å². The van der Waals surface area contributed by atoms with Crippen LogP contribution in [0.1, 0.15) is 29.0 Å². The number of nitrogens with zero attached hydrogens (tertiary/aromatic N) is 1. The summed E-state index contributed by atoms with van der Waals surface area (Å²) in [6.07, 6.45) is 2.73. The number of aromatic nitrogens is 1. The predicted octanol–water partition coefficient (Wildman–Crippen LogP) is 2.93. The zero-order chi connectivity index (χ0) is 13.0. The highest BCUT2D eigenvalue weighted by Gasteiger charge is 2.17. The molecule has 0 amide bonds. The van der Waals surface area contributed by atoms with Gasteiger partial charge in [-0.05, 0) is 36.5 Å². The van der Waals surface area contributed by atoms with Crippen LogP contribution in [-0.2, 0) is 6.42 Å². The molecule has 1 unspecified atom stereocenters. The summed E-state index contributed by atoms with van der Waals surface area (Å²) >= 11 is 1.78. The lowest BCUT2D eigenvalue weighted by Crippen LogP contribution is -2.24. The average Bonchev–Trinajstić information content (AvgIpc) is 2.82. The van der Waals surface area contributed by atoms with Gasteiger partial charge in [0.05, 0.1) is 0 Å². The van der Waals surface area contributed by atoms with Crippen molar-refractivity contribution in [2.24, 2.45) is 0 Å². The second kappa shape index (κ2) is 5.98. The van der Waals surface area contributed by atoms with E-state index in [1.807, 2.05) is 6.07 Å². The Bertz CT molecular complexity index is 473. The van der Waals surface area contributed by atoms with Gasteiger partial charge >= 0.3 is 0 Å². The maximum atomic E-state index is 6.03. The van der Waals surface area contributed by atoms with E-state index in [4.69, 9.17) is 5.73 Å². The van der Waals surface area contributed by atoms with E-state index in [0.29, 0.717) is 5.82 Å². The highest BCUT2D eigenvalue weighted by atomic mass is 32.1. The third-order valence-electron chi connectivity index (χ3n) is 3.02. The van der Waals surface area contributed by atoms with Crippen LogP contribution in [0.3, 0.4) is 0 Å². The molecule has 4 heteroatoms. The van der Waals surface area contributed by atoms with Gasteiger partial charge < -0.3 is 11.1 Å². The molecule has 2 rings (SSSR count). The number of nitrogen functional groups attached to an aromatic ring is 1. The molecule has 2 aromatic heterocycles. The topological polar surface area (TPSA) is 50.9 Å². The van der Waals surface area contributed by atoms with Crippen LogP contribution in [0.15, 0.2) is 29.8 Å². The Morgan fingerprint density at radius 2 is 2.28 bits per heavy atom. The van der Waals surface area contributed by atoms with Gasteiger partial charge in [-0.2, -0.15) is 0 Å². The third kappa shape index (κ3) is 2.89. The quantitative estimate of drug-likeness (QED) is 0.870. The number of thiophene rings is 1. The Morgan fingerprint density at radius 3 is 2.89 bits per heavy atom. The minimum Gasteiger partial charge on any atom is -0.383 e. The van der Waals surface area contributed by atoms with E-state index in [2.05, 4.69) is 41.7 Å². The predicted molar refractivity (Wildman–Crippen MR) is 77.8 cm³/mol. The van der Waals surface area contributed by atoms with Crippen LogP contribution >= 0.6 is 11.3 Å². The molecule has 3 N–H and O–H groups in total. The summed E-state index contributed by atoms with van der Waals surface area (Å²) in [5.74, 6) is 0.637. The maximum absolute atomic E-state index is 6.03. The van der Waals surface area contributed by atoms with Gasteiger partial charge in [0.25, 0.3) is 0 Å². The first kappa shape index (κ1) is 13.1. The summed E-state index contributed by atoms with van der Waals surface area (Å²) in [7, 11) is 0. The third-order valence-corrected chi connectivity index (χ3v) is 3.92. The van der Waals surface area contributed by atoms with Gasteiger partial charge in [0.15, 0.2) is 0 Å². The fraction of sp³-hybridized carbons (Fsp3) is 0.357. The number of aryl methyl sites for hydroxylation is 1. The normalized spacial score (nSPS) is 12.6. The van der Waals surface area contributed by atoms with E-state index in [9.17, 15) is 0 Å². The molecule has 18 heavy (non-hydrogen) atoms. The zero-order valence-corrected chi connectivity index (χ0v) is 11.6. The molecule has 3 nitrogen and oxygen atoms in total. The van der Waals surface area contributed by atoms with Crippen LogP contribution in [-0.4, -0.2) is 11.5 Å². The number of nitrogens with two attached hydrogens (primary N) is 1. The number of pyridine rings is 1. The molecule has 0 aliphatic heterocycles. The highest BCUT2D eigenvalue weighted by molar-refractivity contribution is 7.09. The van der Waals surface area contributed by atoms with Gasteiger partial charge in [-0.3, -0.25) is 0 Å². The molecule has 0 radical (unpaired) electrons. The van der Waals surface area contributed by atoms with Gasteiger partial charge in [-0.1, -0.05) is 13.0 Å². The number of nitrogens with one attached hydrogen (secondary N) is 1. The largest absolute Gasteiger partial charge is 0.383 e. The van der Waals surface area contributed by atoms with Crippen LogP contribution in [0.5, 0.6) is 0 Å². The Labute approximate surface area is 112 Å². The SMILES string of the molecule is CCNC(Cc1cccs1)c1c(C)ccnc1N. The molecule has 0 bridgehead atoms. The molecular formula is C14H19N3S. The smallest absolute Gasteiger partial charge is 0.128 e. The molecule has 96 valence electrons. The first-order chi connectivity index (χ1) is 8.72. The van der Waals surface area contributed by atoms with E-state index in [1.165, 1.54) is 10.4 Å². The van der Waals surface area contributed by atoms with Crippen molar-refractivity contribution >= 4 is 17.2 Å². The fourth-order valence-electron chi connectivity index (χ4n) is 2.20. The zero-order valence-electron chi connectivity index (χ0n) is 10.8. The lowest BCUT2D eigenvalue weighted by atomic mass is 9.99. The van der Waals surface area contributed by atoms with Crippen molar-refractivity contribution in [3.63, 3.8) is 0 Å². The Kier molecular flexibility index (Phi) is 4.33. The van der Waals surface area contributed by atoms with Gasteiger partial charge in [0.1, 0.15) is 5.82 Å². The minimum absolute atomic E-state index is 0.238. The molecule has 2 heterocycles. The summed E-state index contributed by atoms with van der Waals surface area (Å²) in [5, 5.41) is 5.61. The Hall–Kier alpha value is -1.39. The van der Waals surface area contributed by atoms with Crippen molar-refractivity contribution in [2.75, 3.05) is 12.3 Å². The maximum Gasteiger partial charge on any atom is 0.128 e. The second-order valence-corrected chi connectivity index (χ2v) is 5.35. The highest BCUT2D eigenvalue weighted by Crippen LogP contribution is 2.27. The van der Waals surface area contributed by atoms with Crippen LogP contribution in [0.4, 0.5) is 5.82 Å². The van der Waals surface area contributed by atoms with E-state index >= 15 is 0 Å². The van der Waals surface area contributed by atoms with Crippen LogP contribution in [0.25, 0.3) is 0 Å². The van der Waals surface area contributed by atoms with E-state index < -0.39 is 0 Å². The molecule has 0 aliphatic carbocycles. The first-order valence-electron chi connectivity index (χ1n) is 6.19. The van der Waals surface area contributed by atoms with Gasteiger partial charge in [0, 0.05) is 29.1 Å². The van der Waals surface area contributed by atoms with Crippen molar-refractivity contribution in [2.45, 2.75) is 26.3 Å². The van der Waals surface area contributed by atoms with Crippen LogP contribution in [0, 0.1) is 6.92 Å². The van der Waals surface area contributed by atoms with Crippen molar-refractivity contribution in [1.82, 2.24) is 10.3 Å². The lowest BCUT2D eigenvalue weighted by Gasteiger charge is -2.21. The monoisotopic (exact) mass is 261 g/mol. The van der Waals surface area contributed by atoms with Crippen LogP contribution in [0.2, 0.25) is 0 Å². The van der Waals surface area contributed by atoms with E-state index in [0.717, 1.165) is 18.5 Å². The van der Waals surface area contributed by atoms with Crippen LogP contribution < -0.4 is 11.1 Å². The lowest BCUT2D eigenvalue weighted by molar-refractivity contribution is 0.551. The summed E-state index contributed by atoms with van der Waals surface area (Å²) < 4.78 is 0.